The topological polar surface area (TPSA) is 56.4 Å². The summed E-state index contributed by atoms with van der Waals surface area (Å²) in [5, 5.41) is 0.304. The van der Waals surface area contributed by atoms with Crippen molar-refractivity contribution >= 4 is 23.2 Å². The van der Waals surface area contributed by atoms with Crippen LogP contribution in [0.2, 0.25) is 5.02 Å². The summed E-state index contributed by atoms with van der Waals surface area (Å²) < 4.78 is 13.8. The largest absolute Gasteiger partial charge is 0.366 e. The van der Waals surface area contributed by atoms with E-state index in [1.54, 1.807) is 23.1 Å². The van der Waals surface area contributed by atoms with Gasteiger partial charge in [0.1, 0.15) is 11.4 Å². The van der Waals surface area contributed by atoms with Crippen LogP contribution >= 0.6 is 11.6 Å². The molecule has 0 spiro atoms. The number of nitrogens with one attached hydrogen (secondary N) is 1. The van der Waals surface area contributed by atoms with Crippen LogP contribution in [-0.2, 0) is 0 Å². The molecule has 3 rings (SSSR count). The van der Waals surface area contributed by atoms with Crippen molar-refractivity contribution in [1.29, 1.82) is 0 Å². The van der Waals surface area contributed by atoms with Gasteiger partial charge in [-0.05, 0) is 18.2 Å². The Morgan fingerprint density at radius 1 is 1.17 bits per heavy atom. The zero-order valence-electron chi connectivity index (χ0n) is 12.3. The minimum absolute atomic E-state index is 0.0249. The quantitative estimate of drug-likeness (QED) is 0.914. The molecule has 1 saturated heterocycles. The van der Waals surface area contributed by atoms with Crippen molar-refractivity contribution in [2.75, 3.05) is 31.1 Å². The molecule has 1 aliphatic rings. The number of aromatic nitrogens is 1. The van der Waals surface area contributed by atoms with E-state index in [1.165, 1.54) is 18.3 Å². The standard InChI is InChI=1S/C16H15ClFN3O2/c17-11-9-12(15(22)19-10-11)16(23)21-7-5-20(6-8-21)14-4-2-1-3-13(14)18/h1-4,9-10H,5-8H2,(H,19,22). The molecule has 1 aliphatic heterocycles. The fraction of sp³-hybridized carbons (Fsp3) is 0.250. The summed E-state index contributed by atoms with van der Waals surface area (Å²) in [5.74, 6) is -0.638. The second kappa shape index (κ2) is 6.42. The number of hydrogen-bond donors (Lipinski definition) is 1. The number of amides is 1. The van der Waals surface area contributed by atoms with Gasteiger partial charge in [-0.15, -0.1) is 0 Å². The van der Waals surface area contributed by atoms with E-state index in [0.717, 1.165) is 0 Å². The van der Waals surface area contributed by atoms with Crippen LogP contribution < -0.4 is 10.5 Å². The Bertz CT molecular complexity index is 785. The molecule has 1 aromatic heterocycles. The molecular formula is C16H15ClFN3O2. The normalized spacial score (nSPS) is 14.9. The summed E-state index contributed by atoms with van der Waals surface area (Å²) in [5.41, 5.74) is 0.0907. The predicted molar refractivity (Wildman–Crippen MR) is 86.6 cm³/mol. The maximum atomic E-state index is 13.8. The number of hydrogen-bond acceptors (Lipinski definition) is 3. The summed E-state index contributed by atoms with van der Waals surface area (Å²) >= 11 is 5.83. The van der Waals surface area contributed by atoms with Crippen LogP contribution in [0.3, 0.4) is 0 Å². The van der Waals surface area contributed by atoms with Crippen molar-refractivity contribution in [2.45, 2.75) is 0 Å². The number of benzene rings is 1. The van der Waals surface area contributed by atoms with Crippen LogP contribution in [0.5, 0.6) is 0 Å². The SMILES string of the molecule is O=C(c1cc(Cl)c[nH]c1=O)N1CCN(c2ccccc2F)CC1. The lowest BCUT2D eigenvalue weighted by Gasteiger charge is -2.36. The Balaban J connectivity index is 1.72. The molecule has 0 atom stereocenters. The van der Waals surface area contributed by atoms with Crippen LogP contribution in [0.15, 0.2) is 41.3 Å². The van der Waals surface area contributed by atoms with E-state index >= 15 is 0 Å². The molecule has 23 heavy (non-hydrogen) atoms. The zero-order chi connectivity index (χ0) is 16.4. The second-order valence-corrected chi connectivity index (χ2v) is 5.73. The lowest BCUT2D eigenvalue weighted by Crippen LogP contribution is -2.49. The first kappa shape index (κ1) is 15.6. The van der Waals surface area contributed by atoms with E-state index in [0.29, 0.717) is 36.9 Å². The van der Waals surface area contributed by atoms with E-state index in [4.69, 9.17) is 11.6 Å². The van der Waals surface area contributed by atoms with E-state index in [9.17, 15) is 14.0 Å². The Morgan fingerprint density at radius 2 is 1.87 bits per heavy atom. The van der Waals surface area contributed by atoms with Crippen LogP contribution in [0, 0.1) is 5.82 Å². The number of nitrogens with zero attached hydrogens (tertiary/aromatic N) is 2. The Labute approximate surface area is 137 Å². The van der Waals surface area contributed by atoms with Gasteiger partial charge in [-0.1, -0.05) is 23.7 Å². The molecule has 0 saturated carbocycles. The molecule has 1 amide bonds. The van der Waals surface area contributed by atoms with Gasteiger partial charge < -0.3 is 14.8 Å². The number of carbonyl (C=O) groups excluding carboxylic acids is 1. The van der Waals surface area contributed by atoms with Crippen molar-refractivity contribution in [3.63, 3.8) is 0 Å². The van der Waals surface area contributed by atoms with Gasteiger partial charge in [0.25, 0.3) is 11.5 Å². The van der Waals surface area contributed by atoms with Crippen molar-refractivity contribution in [3.8, 4) is 0 Å². The summed E-state index contributed by atoms with van der Waals surface area (Å²) in [6.07, 6.45) is 1.34. The number of anilines is 1. The lowest BCUT2D eigenvalue weighted by atomic mass is 10.2. The average Bonchev–Trinajstić information content (AvgIpc) is 2.57. The highest BCUT2D eigenvalue weighted by molar-refractivity contribution is 6.30. The third kappa shape index (κ3) is 3.22. The summed E-state index contributed by atoms with van der Waals surface area (Å²) in [4.78, 5) is 30.1. The van der Waals surface area contributed by atoms with Crippen molar-refractivity contribution in [3.05, 3.63) is 63.3 Å². The van der Waals surface area contributed by atoms with Crippen molar-refractivity contribution < 1.29 is 9.18 Å². The average molecular weight is 336 g/mol. The van der Waals surface area contributed by atoms with E-state index in [-0.39, 0.29) is 17.3 Å². The Hall–Kier alpha value is -2.34. The number of para-hydroxylation sites is 1. The van der Waals surface area contributed by atoms with E-state index in [1.807, 2.05) is 4.90 Å². The highest BCUT2D eigenvalue weighted by Gasteiger charge is 2.25. The van der Waals surface area contributed by atoms with Gasteiger partial charge in [-0.25, -0.2) is 4.39 Å². The molecule has 5 nitrogen and oxygen atoms in total. The molecule has 7 heteroatoms. The van der Waals surface area contributed by atoms with Gasteiger partial charge in [0.15, 0.2) is 0 Å². The molecule has 0 bridgehead atoms. The first-order valence-corrected chi connectivity index (χ1v) is 7.61. The molecule has 0 unspecified atom stereocenters. The van der Waals surface area contributed by atoms with Crippen molar-refractivity contribution in [2.24, 2.45) is 0 Å². The fourth-order valence-corrected chi connectivity index (χ4v) is 2.81. The molecule has 0 aliphatic carbocycles. The van der Waals surface area contributed by atoms with Gasteiger partial charge >= 0.3 is 0 Å². The first-order valence-electron chi connectivity index (χ1n) is 7.23. The number of aromatic amines is 1. The van der Waals surface area contributed by atoms with Crippen LogP contribution in [0.4, 0.5) is 10.1 Å². The minimum Gasteiger partial charge on any atom is -0.366 e. The third-order valence-corrected chi connectivity index (χ3v) is 4.08. The lowest BCUT2D eigenvalue weighted by molar-refractivity contribution is 0.0745. The third-order valence-electron chi connectivity index (χ3n) is 3.86. The second-order valence-electron chi connectivity index (χ2n) is 5.29. The van der Waals surface area contributed by atoms with Gasteiger partial charge in [0.05, 0.1) is 10.7 Å². The number of halogens is 2. The maximum absolute atomic E-state index is 13.8. The zero-order valence-corrected chi connectivity index (χ0v) is 13.0. The molecule has 1 N–H and O–H groups in total. The molecular weight excluding hydrogens is 321 g/mol. The van der Waals surface area contributed by atoms with Gasteiger partial charge in [-0.3, -0.25) is 9.59 Å². The smallest absolute Gasteiger partial charge is 0.260 e. The number of pyridine rings is 1. The minimum atomic E-state index is -0.462. The molecule has 1 fully saturated rings. The van der Waals surface area contributed by atoms with Gasteiger partial charge in [0, 0.05) is 32.4 Å². The Morgan fingerprint density at radius 3 is 2.57 bits per heavy atom. The predicted octanol–water partition coefficient (Wildman–Crippen LogP) is 2.13. The van der Waals surface area contributed by atoms with E-state index in [2.05, 4.69) is 4.98 Å². The highest BCUT2D eigenvalue weighted by atomic mass is 35.5. The number of H-pyrrole nitrogens is 1. The molecule has 0 radical (unpaired) electrons. The molecule has 2 heterocycles. The summed E-state index contributed by atoms with van der Waals surface area (Å²) in [6, 6.07) is 7.92. The maximum Gasteiger partial charge on any atom is 0.260 e. The first-order chi connectivity index (χ1) is 11.1. The highest BCUT2D eigenvalue weighted by Crippen LogP contribution is 2.20. The van der Waals surface area contributed by atoms with Crippen LogP contribution in [-0.4, -0.2) is 42.0 Å². The van der Waals surface area contributed by atoms with Gasteiger partial charge in [0.2, 0.25) is 0 Å². The van der Waals surface area contributed by atoms with E-state index < -0.39 is 5.56 Å². The fourth-order valence-electron chi connectivity index (χ4n) is 2.65. The summed E-state index contributed by atoms with van der Waals surface area (Å²) in [6.45, 7) is 1.84. The molecule has 120 valence electrons. The number of carbonyl (C=O) groups is 1. The summed E-state index contributed by atoms with van der Waals surface area (Å²) in [7, 11) is 0. The number of rotatable bonds is 2. The molecule has 1 aromatic carbocycles. The van der Waals surface area contributed by atoms with Gasteiger partial charge in [-0.2, -0.15) is 0 Å². The monoisotopic (exact) mass is 335 g/mol. The van der Waals surface area contributed by atoms with Crippen LogP contribution in [0.25, 0.3) is 0 Å². The number of piperazine rings is 1. The Kier molecular flexibility index (Phi) is 4.34. The van der Waals surface area contributed by atoms with Crippen LogP contribution in [0.1, 0.15) is 10.4 Å². The molecule has 2 aromatic rings. The van der Waals surface area contributed by atoms with Crippen molar-refractivity contribution in [1.82, 2.24) is 9.88 Å².